The van der Waals surface area contributed by atoms with E-state index >= 15 is 0 Å². The Bertz CT molecular complexity index is 521. The summed E-state index contributed by atoms with van der Waals surface area (Å²) in [6.07, 6.45) is 2.86. The molecule has 0 saturated heterocycles. The molecule has 1 aliphatic rings. The largest absolute Gasteiger partial charge is 0.468 e. The lowest BCUT2D eigenvalue weighted by molar-refractivity contribution is 0.0405. The normalized spacial score (nSPS) is 19.9. The summed E-state index contributed by atoms with van der Waals surface area (Å²) in [5.41, 5.74) is 2.72. The first-order valence-corrected chi connectivity index (χ1v) is 6.81. The first kappa shape index (κ1) is 12.5. The molecule has 0 saturated carbocycles. The van der Waals surface area contributed by atoms with Crippen LogP contribution in [0, 0.1) is 0 Å². The zero-order valence-electron chi connectivity index (χ0n) is 11.1. The Labute approximate surface area is 113 Å². The predicted molar refractivity (Wildman–Crippen MR) is 74.0 cm³/mol. The molecule has 2 heterocycles. The summed E-state index contributed by atoms with van der Waals surface area (Å²) in [5, 5.41) is 3.48. The van der Waals surface area contributed by atoms with Gasteiger partial charge in [-0.2, -0.15) is 0 Å². The molecule has 1 unspecified atom stereocenters. The fourth-order valence-electron chi connectivity index (χ4n) is 2.57. The van der Waals surface area contributed by atoms with E-state index in [1.54, 1.807) is 6.26 Å². The third-order valence-electron chi connectivity index (χ3n) is 3.67. The topological polar surface area (TPSA) is 34.4 Å². The fourth-order valence-corrected chi connectivity index (χ4v) is 2.57. The molecular weight excluding hydrogens is 238 g/mol. The highest BCUT2D eigenvalue weighted by molar-refractivity contribution is 5.31. The molecule has 2 atom stereocenters. The Morgan fingerprint density at radius 1 is 1.26 bits per heavy atom. The maximum absolute atomic E-state index is 5.88. The van der Waals surface area contributed by atoms with Crippen LogP contribution in [0.4, 0.5) is 0 Å². The Balaban J connectivity index is 1.65. The number of hydrogen-bond donors (Lipinski definition) is 1. The van der Waals surface area contributed by atoms with Crippen molar-refractivity contribution in [2.75, 3.05) is 13.2 Å². The molecule has 2 aromatic rings. The number of furan rings is 1. The second-order valence-corrected chi connectivity index (χ2v) is 4.95. The summed E-state index contributed by atoms with van der Waals surface area (Å²) in [5.74, 6) is 0.962. The van der Waals surface area contributed by atoms with Crippen molar-refractivity contribution in [3.8, 4) is 0 Å². The van der Waals surface area contributed by atoms with Gasteiger partial charge in [-0.3, -0.25) is 0 Å². The van der Waals surface area contributed by atoms with Gasteiger partial charge in [-0.05, 0) is 36.6 Å². The Morgan fingerprint density at radius 3 is 3.00 bits per heavy atom. The molecule has 1 aromatic heterocycles. The number of benzene rings is 1. The SMILES string of the molecule is C[C@H](NCC1OCCc2ccccc21)c1ccco1. The number of hydrogen-bond acceptors (Lipinski definition) is 3. The van der Waals surface area contributed by atoms with Crippen molar-refractivity contribution >= 4 is 0 Å². The third kappa shape index (κ3) is 2.72. The van der Waals surface area contributed by atoms with Crippen molar-refractivity contribution in [3.05, 3.63) is 59.5 Å². The summed E-state index contributed by atoms with van der Waals surface area (Å²) >= 11 is 0. The maximum Gasteiger partial charge on any atom is 0.120 e. The van der Waals surface area contributed by atoms with Crippen molar-refractivity contribution in [3.63, 3.8) is 0 Å². The monoisotopic (exact) mass is 257 g/mol. The Kier molecular flexibility index (Phi) is 3.67. The van der Waals surface area contributed by atoms with Crippen LogP contribution in [0.5, 0.6) is 0 Å². The number of ether oxygens (including phenoxy) is 1. The van der Waals surface area contributed by atoms with Crippen LogP contribution in [-0.4, -0.2) is 13.2 Å². The van der Waals surface area contributed by atoms with Gasteiger partial charge in [0.25, 0.3) is 0 Å². The van der Waals surface area contributed by atoms with Crippen LogP contribution in [-0.2, 0) is 11.2 Å². The highest BCUT2D eigenvalue weighted by Gasteiger charge is 2.21. The second kappa shape index (κ2) is 5.59. The molecule has 3 nitrogen and oxygen atoms in total. The van der Waals surface area contributed by atoms with Gasteiger partial charge in [-0.25, -0.2) is 0 Å². The molecular formula is C16H19NO2. The number of rotatable bonds is 4. The molecule has 0 spiro atoms. The summed E-state index contributed by atoms with van der Waals surface area (Å²) in [6.45, 7) is 3.71. The van der Waals surface area contributed by atoms with E-state index in [2.05, 4.69) is 36.5 Å². The molecule has 0 fully saturated rings. The van der Waals surface area contributed by atoms with Crippen LogP contribution in [0.2, 0.25) is 0 Å². The van der Waals surface area contributed by atoms with E-state index in [0.717, 1.165) is 25.3 Å². The molecule has 19 heavy (non-hydrogen) atoms. The smallest absolute Gasteiger partial charge is 0.120 e. The Hall–Kier alpha value is -1.58. The average Bonchev–Trinajstić information content (AvgIpc) is 2.99. The lowest BCUT2D eigenvalue weighted by atomic mass is 9.97. The summed E-state index contributed by atoms with van der Waals surface area (Å²) in [4.78, 5) is 0. The summed E-state index contributed by atoms with van der Waals surface area (Å²) in [6, 6.07) is 12.6. The molecule has 3 rings (SSSR count). The van der Waals surface area contributed by atoms with Gasteiger partial charge < -0.3 is 14.5 Å². The standard InChI is InChI=1S/C16H19NO2/c1-12(15-7-4-9-18-15)17-11-16-14-6-3-2-5-13(14)8-10-19-16/h2-7,9,12,16-17H,8,10-11H2,1H3/t12-,16?/m0/s1. The third-order valence-corrected chi connectivity index (χ3v) is 3.67. The first-order valence-electron chi connectivity index (χ1n) is 6.81. The number of fused-ring (bicyclic) bond motifs is 1. The molecule has 0 bridgehead atoms. The Morgan fingerprint density at radius 2 is 2.16 bits per heavy atom. The van der Waals surface area contributed by atoms with Crippen LogP contribution < -0.4 is 5.32 Å². The van der Waals surface area contributed by atoms with Crippen LogP contribution in [0.3, 0.4) is 0 Å². The van der Waals surface area contributed by atoms with E-state index < -0.39 is 0 Å². The van der Waals surface area contributed by atoms with E-state index in [1.807, 2.05) is 12.1 Å². The minimum Gasteiger partial charge on any atom is -0.468 e. The lowest BCUT2D eigenvalue weighted by Crippen LogP contribution is -2.29. The molecule has 1 N–H and O–H groups in total. The van der Waals surface area contributed by atoms with E-state index in [4.69, 9.17) is 9.15 Å². The molecule has 100 valence electrons. The zero-order valence-corrected chi connectivity index (χ0v) is 11.1. The van der Waals surface area contributed by atoms with Gasteiger partial charge >= 0.3 is 0 Å². The van der Waals surface area contributed by atoms with Gasteiger partial charge in [0, 0.05) is 6.54 Å². The van der Waals surface area contributed by atoms with Crippen molar-refractivity contribution < 1.29 is 9.15 Å². The molecule has 3 heteroatoms. The van der Waals surface area contributed by atoms with Crippen LogP contribution >= 0.6 is 0 Å². The lowest BCUT2D eigenvalue weighted by Gasteiger charge is -2.27. The van der Waals surface area contributed by atoms with E-state index in [9.17, 15) is 0 Å². The average molecular weight is 257 g/mol. The van der Waals surface area contributed by atoms with Gasteiger partial charge in [-0.1, -0.05) is 24.3 Å². The molecule has 0 aliphatic carbocycles. The second-order valence-electron chi connectivity index (χ2n) is 4.95. The summed E-state index contributed by atoms with van der Waals surface area (Å²) in [7, 11) is 0. The zero-order chi connectivity index (χ0) is 13.1. The van der Waals surface area contributed by atoms with Crippen molar-refractivity contribution in [1.82, 2.24) is 5.32 Å². The molecule has 1 aromatic carbocycles. The van der Waals surface area contributed by atoms with E-state index in [-0.39, 0.29) is 12.1 Å². The molecule has 0 amide bonds. The first-order chi connectivity index (χ1) is 9.34. The highest BCUT2D eigenvalue weighted by Crippen LogP contribution is 2.27. The van der Waals surface area contributed by atoms with Gasteiger partial charge in [0.2, 0.25) is 0 Å². The van der Waals surface area contributed by atoms with Gasteiger partial charge in [0.15, 0.2) is 0 Å². The minimum atomic E-state index is 0.141. The van der Waals surface area contributed by atoms with Gasteiger partial charge in [0.05, 0.1) is 25.0 Å². The van der Waals surface area contributed by atoms with Crippen molar-refractivity contribution in [2.45, 2.75) is 25.5 Å². The van der Waals surface area contributed by atoms with Crippen LogP contribution in [0.15, 0.2) is 47.1 Å². The van der Waals surface area contributed by atoms with E-state index in [0.29, 0.717) is 0 Å². The maximum atomic E-state index is 5.88. The number of nitrogens with one attached hydrogen (secondary N) is 1. The minimum absolute atomic E-state index is 0.141. The quantitative estimate of drug-likeness (QED) is 0.913. The molecule has 1 aliphatic heterocycles. The van der Waals surface area contributed by atoms with Crippen LogP contribution in [0.25, 0.3) is 0 Å². The fraction of sp³-hybridized carbons (Fsp3) is 0.375. The van der Waals surface area contributed by atoms with Crippen LogP contribution in [0.1, 0.15) is 36.0 Å². The van der Waals surface area contributed by atoms with Gasteiger partial charge in [-0.15, -0.1) is 0 Å². The predicted octanol–water partition coefficient (Wildman–Crippen LogP) is 3.24. The van der Waals surface area contributed by atoms with Crippen molar-refractivity contribution in [2.24, 2.45) is 0 Å². The van der Waals surface area contributed by atoms with E-state index in [1.165, 1.54) is 11.1 Å². The van der Waals surface area contributed by atoms with Crippen molar-refractivity contribution in [1.29, 1.82) is 0 Å². The molecule has 0 radical (unpaired) electrons. The summed E-state index contributed by atoms with van der Waals surface area (Å²) < 4.78 is 11.3. The van der Waals surface area contributed by atoms with Gasteiger partial charge in [0.1, 0.15) is 5.76 Å². The highest BCUT2D eigenvalue weighted by atomic mass is 16.5.